The molecule has 4 aromatic rings. The Balaban J connectivity index is 0.000000181. The number of aryl methyl sites for hydroxylation is 2. The van der Waals surface area contributed by atoms with Gasteiger partial charge in [0.1, 0.15) is 10.8 Å². The number of H-pyrrole nitrogens is 3. The molecule has 0 saturated heterocycles. The predicted molar refractivity (Wildman–Crippen MR) is 159 cm³/mol. The lowest BCUT2D eigenvalue weighted by molar-refractivity contribution is 0.540. The van der Waals surface area contributed by atoms with Gasteiger partial charge in [-0.05, 0) is 67.1 Å². The zero-order valence-electron chi connectivity index (χ0n) is 21.6. The van der Waals surface area contributed by atoms with Gasteiger partial charge in [-0.15, -0.1) is 0 Å². The van der Waals surface area contributed by atoms with E-state index in [1.165, 1.54) is 49.6 Å². The fourth-order valence-corrected chi connectivity index (χ4v) is 5.33. The fraction of sp³-hybridized carbons (Fsp3) is 0.500. The van der Waals surface area contributed by atoms with Crippen molar-refractivity contribution in [3.05, 3.63) is 69.6 Å². The molecule has 0 atom stereocenters. The highest BCUT2D eigenvalue weighted by Crippen LogP contribution is 2.34. The summed E-state index contributed by atoms with van der Waals surface area (Å²) in [5, 5.41) is 1.28. The van der Waals surface area contributed by atoms with Gasteiger partial charge in [0, 0.05) is 12.1 Å². The molecule has 2 aliphatic carbocycles. The van der Waals surface area contributed by atoms with Crippen molar-refractivity contribution in [3.63, 3.8) is 0 Å². The number of aromatic amines is 3. The molecule has 0 radical (unpaired) electrons. The molecule has 4 aromatic heterocycles. The normalized spacial score (nSPS) is 14.5. The zero-order valence-corrected chi connectivity index (χ0v) is 23.2. The quantitative estimate of drug-likeness (QED) is 0.136. The molecule has 40 heavy (non-hydrogen) atoms. The van der Waals surface area contributed by atoms with Crippen molar-refractivity contribution < 1.29 is 8.83 Å². The lowest BCUT2D eigenvalue weighted by Crippen LogP contribution is -2.14. The second-order valence-electron chi connectivity index (χ2n) is 10.2. The van der Waals surface area contributed by atoms with Crippen LogP contribution in [0.15, 0.2) is 45.3 Å². The van der Waals surface area contributed by atoms with Crippen molar-refractivity contribution >= 4 is 46.2 Å². The summed E-state index contributed by atoms with van der Waals surface area (Å²) >= 11 is 6.18. The lowest BCUT2D eigenvalue weighted by Gasteiger charge is -2.05. The van der Waals surface area contributed by atoms with E-state index < -0.39 is 11.3 Å². The smallest absolute Gasteiger partial charge is 0.337 e. The number of thioether (sulfide) groups is 1. The Labute approximate surface area is 239 Å². The molecule has 4 heterocycles. The van der Waals surface area contributed by atoms with Crippen LogP contribution in [0.5, 0.6) is 0 Å². The van der Waals surface area contributed by atoms with Gasteiger partial charge in [-0.3, -0.25) is 14.6 Å². The Hall–Kier alpha value is -3.25. The van der Waals surface area contributed by atoms with E-state index in [2.05, 4.69) is 19.9 Å². The third-order valence-electron chi connectivity index (χ3n) is 7.10. The molecular weight excluding hydrogens is 552 g/mol. The van der Waals surface area contributed by atoms with E-state index in [4.69, 9.17) is 21.1 Å². The standard InChI is InChI=1S/C14H16N2O3S.C13H14N2O3S.CH4/c1-20-14-15-12(18)11-9(4-2-3-8-5-6-8)7-10(17)19-13(11)16-14;16-9-6-8(3-1-2-7-4-5-7)10-11(17)14-13(19)15-12(10)18-9;/h7-8H,2-6H2,1H3,(H,15,16,18);6-7H,1-5H2,(H2,14,15,17,19);1H4. The minimum atomic E-state index is -0.454. The second kappa shape index (κ2) is 12.9. The number of fused-ring (bicyclic) bond motifs is 2. The summed E-state index contributed by atoms with van der Waals surface area (Å²) in [4.78, 5) is 59.3. The first-order valence-electron chi connectivity index (χ1n) is 13.2. The molecule has 2 saturated carbocycles. The largest absolute Gasteiger partial charge is 0.405 e. The summed E-state index contributed by atoms with van der Waals surface area (Å²) in [6.45, 7) is 0. The Morgan fingerprint density at radius 2 is 1.40 bits per heavy atom. The van der Waals surface area contributed by atoms with Crippen molar-refractivity contribution in [1.82, 2.24) is 19.9 Å². The SMILES string of the molecule is C.CSc1nc2oc(=O)cc(CCCC3CC3)c2c(=O)[nH]1.O=c1cc(CCCC2CC2)c2c(=O)[nH]c(=S)[nH]c2o1. The number of hydrogen-bond donors (Lipinski definition) is 3. The van der Waals surface area contributed by atoms with Crippen LogP contribution in [0.2, 0.25) is 0 Å². The van der Waals surface area contributed by atoms with Crippen molar-refractivity contribution in [2.75, 3.05) is 6.26 Å². The fourth-order valence-electron chi connectivity index (χ4n) is 4.77. The molecule has 0 aromatic carbocycles. The molecule has 0 amide bonds. The molecule has 214 valence electrons. The van der Waals surface area contributed by atoms with Gasteiger partial charge in [0.15, 0.2) is 9.93 Å². The Morgan fingerprint density at radius 1 is 0.850 bits per heavy atom. The number of nitrogens with zero attached hydrogens (tertiary/aromatic N) is 1. The maximum Gasteiger partial charge on any atom is 0.337 e. The number of nitrogens with one attached hydrogen (secondary N) is 3. The summed E-state index contributed by atoms with van der Waals surface area (Å²) in [6.07, 6.45) is 12.8. The maximum atomic E-state index is 12.1. The third-order valence-corrected chi connectivity index (χ3v) is 7.89. The van der Waals surface area contributed by atoms with E-state index in [-0.39, 0.29) is 34.7 Å². The van der Waals surface area contributed by atoms with Crippen LogP contribution in [0.25, 0.3) is 22.2 Å². The van der Waals surface area contributed by atoms with E-state index in [0.717, 1.165) is 55.1 Å². The zero-order chi connectivity index (χ0) is 27.5. The molecular formula is C28H34N4O6S2. The molecule has 0 aliphatic heterocycles. The molecule has 2 fully saturated rings. The summed E-state index contributed by atoms with van der Waals surface area (Å²) in [5.74, 6) is 1.69. The van der Waals surface area contributed by atoms with E-state index in [9.17, 15) is 19.2 Å². The first kappa shape index (κ1) is 29.7. The van der Waals surface area contributed by atoms with Crippen molar-refractivity contribution in [2.45, 2.75) is 76.8 Å². The molecule has 0 unspecified atom stereocenters. The molecule has 6 rings (SSSR count). The van der Waals surface area contributed by atoms with Gasteiger partial charge in [0.25, 0.3) is 11.1 Å². The second-order valence-corrected chi connectivity index (χ2v) is 11.4. The highest BCUT2D eigenvalue weighted by atomic mass is 32.2. The lowest BCUT2D eigenvalue weighted by atomic mass is 10.1. The van der Waals surface area contributed by atoms with Crippen LogP contribution in [0.3, 0.4) is 0 Å². The van der Waals surface area contributed by atoms with Crippen LogP contribution < -0.4 is 22.4 Å². The van der Waals surface area contributed by atoms with E-state index >= 15 is 0 Å². The molecule has 0 bridgehead atoms. The van der Waals surface area contributed by atoms with Gasteiger partial charge in [0.2, 0.25) is 11.4 Å². The minimum absolute atomic E-state index is 0. The molecule has 0 spiro atoms. The first-order chi connectivity index (χ1) is 18.8. The summed E-state index contributed by atoms with van der Waals surface area (Å²) < 4.78 is 10.2. The van der Waals surface area contributed by atoms with Gasteiger partial charge in [-0.1, -0.05) is 57.7 Å². The van der Waals surface area contributed by atoms with E-state index in [1.807, 2.05) is 6.26 Å². The summed E-state index contributed by atoms with van der Waals surface area (Å²) in [5.41, 5.74) is 0.370. The van der Waals surface area contributed by atoms with Crippen molar-refractivity contribution in [3.8, 4) is 0 Å². The highest BCUT2D eigenvalue weighted by molar-refractivity contribution is 7.98. The number of rotatable bonds is 9. The Bertz CT molecular complexity index is 1790. The topological polar surface area (TPSA) is 155 Å². The molecule has 2 aliphatic rings. The monoisotopic (exact) mass is 586 g/mol. The summed E-state index contributed by atoms with van der Waals surface area (Å²) in [6, 6.07) is 2.83. The van der Waals surface area contributed by atoms with Gasteiger partial charge in [-0.25, -0.2) is 9.59 Å². The van der Waals surface area contributed by atoms with Gasteiger partial charge in [0.05, 0.1) is 0 Å². The minimum Gasteiger partial charge on any atom is -0.405 e. The van der Waals surface area contributed by atoms with Crippen LogP contribution in [-0.4, -0.2) is 26.2 Å². The van der Waals surface area contributed by atoms with Crippen LogP contribution in [0.1, 0.15) is 69.9 Å². The predicted octanol–water partition coefficient (Wildman–Crippen LogP) is 5.24. The molecule has 12 heteroatoms. The number of aromatic nitrogens is 4. The highest BCUT2D eigenvalue weighted by Gasteiger charge is 2.21. The average Bonchev–Trinajstić information content (AvgIpc) is 3.79. The first-order valence-corrected chi connectivity index (χ1v) is 14.8. The Kier molecular flexibility index (Phi) is 9.62. The van der Waals surface area contributed by atoms with Crippen LogP contribution in [0, 0.1) is 16.6 Å². The van der Waals surface area contributed by atoms with Crippen molar-refractivity contribution in [2.24, 2.45) is 11.8 Å². The molecule has 10 nitrogen and oxygen atoms in total. The third kappa shape index (κ3) is 7.48. The van der Waals surface area contributed by atoms with Gasteiger partial charge in [-0.2, -0.15) is 4.98 Å². The number of hydrogen-bond acceptors (Lipinski definition) is 9. The molecule has 3 N–H and O–H groups in total. The van der Waals surface area contributed by atoms with E-state index in [1.54, 1.807) is 0 Å². The average molecular weight is 587 g/mol. The maximum absolute atomic E-state index is 12.1. The Morgan fingerprint density at radius 3 is 1.98 bits per heavy atom. The van der Waals surface area contributed by atoms with Crippen LogP contribution >= 0.6 is 24.0 Å². The summed E-state index contributed by atoms with van der Waals surface area (Å²) in [7, 11) is 0. The van der Waals surface area contributed by atoms with Crippen LogP contribution in [-0.2, 0) is 12.8 Å². The van der Waals surface area contributed by atoms with Crippen LogP contribution in [0.4, 0.5) is 0 Å². The van der Waals surface area contributed by atoms with Crippen molar-refractivity contribution in [1.29, 1.82) is 0 Å². The van der Waals surface area contributed by atoms with E-state index in [0.29, 0.717) is 22.3 Å². The van der Waals surface area contributed by atoms with Gasteiger partial charge < -0.3 is 18.8 Å². The van der Waals surface area contributed by atoms with Gasteiger partial charge >= 0.3 is 11.3 Å².